The fourth-order valence-corrected chi connectivity index (χ4v) is 2.51. The molecule has 0 aromatic heterocycles. The molecule has 0 aliphatic rings. The van der Waals surface area contributed by atoms with Crippen molar-refractivity contribution in [1.82, 2.24) is 5.32 Å². The predicted octanol–water partition coefficient (Wildman–Crippen LogP) is 5.09. The first-order valence-electron chi connectivity index (χ1n) is 8.03. The van der Waals surface area contributed by atoms with E-state index < -0.39 is 0 Å². The van der Waals surface area contributed by atoms with Crippen LogP contribution < -0.4 is 5.32 Å². The standard InChI is InChI=1S/C20H27N/c1-16(2)15-21-14-13-17(3)18-9-11-20(12-10-18)19-7-5-4-6-8-19/h4-12,16-17,21H,13-15H2,1-3H3. The number of benzene rings is 2. The minimum Gasteiger partial charge on any atom is -0.316 e. The lowest BCUT2D eigenvalue weighted by Gasteiger charge is -2.14. The molecule has 2 aromatic rings. The van der Waals surface area contributed by atoms with Gasteiger partial charge in [0.1, 0.15) is 0 Å². The predicted molar refractivity (Wildman–Crippen MR) is 92.6 cm³/mol. The van der Waals surface area contributed by atoms with Crippen LogP contribution in [0.2, 0.25) is 0 Å². The van der Waals surface area contributed by atoms with Crippen LogP contribution >= 0.6 is 0 Å². The van der Waals surface area contributed by atoms with Crippen molar-refractivity contribution in [1.29, 1.82) is 0 Å². The lowest BCUT2D eigenvalue weighted by Crippen LogP contribution is -2.21. The molecular formula is C20H27N. The summed E-state index contributed by atoms with van der Waals surface area (Å²) in [6, 6.07) is 19.6. The molecule has 21 heavy (non-hydrogen) atoms. The summed E-state index contributed by atoms with van der Waals surface area (Å²) >= 11 is 0. The van der Waals surface area contributed by atoms with Gasteiger partial charge in [0.15, 0.2) is 0 Å². The molecule has 0 bridgehead atoms. The first-order valence-corrected chi connectivity index (χ1v) is 8.03. The van der Waals surface area contributed by atoms with E-state index in [2.05, 4.69) is 80.7 Å². The highest BCUT2D eigenvalue weighted by Crippen LogP contribution is 2.24. The number of hydrogen-bond donors (Lipinski definition) is 1. The Morgan fingerprint density at radius 2 is 1.43 bits per heavy atom. The molecule has 0 spiro atoms. The normalized spacial score (nSPS) is 12.6. The maximum absolute atomic E-state index is 3.52. The van der Waals surface area contributed by atoms with Crippen LogP contribution in [0.3, 0.4) is 0 Å². The van der Waals surface area contributed by atoms with Crippen LogP contribution in [-0.2, 0) is 0 Å². The van der Waals surface area contributed by atoms with Gasteiger partial charge in [0.2, 0.25) is 0 Å². The van der Waals surface area contributed by atoms with E-state index in [1.807, 2.05) is 0 Å². The van der Waals surface area contributed by atoms with Gasteiger partial charge in [0, 0.05) is 0 Å². The molecule has 0 heterocycles. The van der Waals surface area contributed by atoms with Crippen molar-refractivity contribution in [2.75, 3.05) is 13.1 Å². The number of nitrogens with one attached hydrogen (secondary N) is 1. The zero-order chi connectivity index (χ0) is 15.1. The molecule has 2 aromatic carbocycles. The van der Waals surface area contributed by atoms with Crippen molar-refractivity contribution in [3.05, 3.63) is 60.2 Å². The summed E-state index contributed by atoms with van der Waals surface area (Å²) in [7, 11) is 0. The van der Waals surface area contributed by atoms with Gasteiger partial charge >= 0.3 is 0 Å². The quantitative estimate of drug-likeness (QED) is 0.697. The van der Waals surface area contributed by atoms with Crippen molar-refractivity contribution >= 4 is 0 Å². The fraction of sp³-hybridized carbons (Fsp3) is 0.400. The van der Waals surface area contributed by atoms with Gasteiger partial charge in [-0.05, 0) is 48.0 Å². The highest BCUT2D eigenvalue weighted by Gasteiger charge is 2.06. The maximum atomic E-state index is 3.52. The third-order valence-corrected chi connectivity index (χ3v) is 3.89. The van der Waals surface area contributed by atoms with Crippen molar-refractivity contribution in [2.24, 2.45) is 5.92 Å². The van der Waals surface area contributed by atoms with E-state index in [4.69, 9.17) is 0 Å². The van der Waals surface area contributed by atoms with E-state index in [9.17, 15) is 0 Å². The average molecular weight is 281 g/mol. The molecule has 0 saturated heterocycles. The third-order valence-electron chi connectivity index (χ3n) is 3.89. The molecule has 0 fully saturated rings. The molecule has 1 N–H and O–H groups in total. The summed E-state index contributed by atoms with van der Waals surface area (Å²) in [6.45, 7) is 9.02. The Kier molecular flexibility index (Phi) is 6.01. The van der Waals surface area contributed by atoms with Gasteiger partial charge in [-0.25, -0.2) is 0 Å². The molecule has 1 heteroatoms. The molecule has 0 amide bonds. The molecule has 0 aliphatic carbocycles. The topological polar surface area (TPSA) is 12.0 Å². The van der Waals surface area contributed by atoms with Crippen molar-refractivity contribution < 1.29 is 0 Å². The smallest absolute Gasteiger partial charge is 0.00258 e. The highest BCUT2D eigenvalue weighted by atomic mass is 14.8. The Labute approximate surface area is 129 Å². The van der Waals surface area contributed by atoms with E-state index in [-0.39, 0.29) is 0 Å². The third kappa shape index (κ3) is 5.02. The zero-order valence-corrected chi connectivity index (χ0v) is 13.5. The van der Waals surface area contributed by atoms with Crippen LogP contribution in [0.15, 0.2) is 54.6 Å². The monoisotopic (exact) mass is 281 g/mol. The summed E-state index contributed by atoms with van der Waals surface area (Å²) in [4.78, 5) is 0. The van der Waals surface area contributed by atoms with E-state index in [1.165, 1.54) is 23.1 Å². The van der Waals surface area contributed by atoms with E-state index in [0.717, 1.165) is 19.0 Å². The zero-order valence-electron chi connectivity index (χ0n) is 13.5. The van der Waals surface area contributed by atoms with E-state index in [1.54, 1.807) is 0 Å². The number of rotatable bonds is 7. The molecule has 1 unspecified atom stereocenters. The van der Waals surface area contributed by atoms with Crippen molar-refractivity contribution in [3.63, 3.8) is 0 Å². The van der Waals surface area contributed by atoms with Gasteiger partial charge < -0.3 is 5.32 Å². The minimum absolute atomic E-state index is 0.606. The number of hydrogen-bond acceptors (Lipinski definition) is 1. The molecule has 0 saturated carbocycles. The molecule has 1 atom stereocenters. The summed E-state index contributed by atoms with van der Waals surface area (Å²) in [5.74, 6) is 1.33. The Hall–Kier alpha value is -1.60. The molecule has 0 aliphatic heterocycles. The Balaban J connectivity index is 1.89. The Morgan fingerprint density at radius 3 is 2.05 bits per heavy atom. The molecular weight excluding hydrogens is 254 g/mol. The summed E-state index contributed by atoms with van der Waals surface area (Å²) in [6.07, 6.45) is 1.19. The van der Waals surface area contributed by atoms with Gasteiger partial charge in [-0.15, -0.1) is 0 Å². The van der Waals surface area contributed by atoms with Crippen LogP contribution in [0.25, 0.3) is 11.1 Å². The summed E-state index contributed by atoms with van der Waals surface area (Å²) < 4.78 is 0. The second-order valence-corrected chi connectivity index (χ2v) is 6.28. The molecule has 2 rings (SSSR count). The second-order valence-electron chi connectivity index (χ2n) is 6.28. The molecule has 1 nitrogen and oxygen atoms in total. The minimum atomic E-state index is 0.606. The van der Waals surface area contributed by atoms with Gasteiger partial charge in [0.05, 0.1) is 0 Å². The van der Waals surface area contributed by atoms with Crippen molar-refractivity contribution in [2.45, 2.75) is 33.1 Å². The van der Waals surface area contributed by atoms with Crippen LogP contribution in [0.4, 0.5) is 0 Å². The fourth-order valence-electron chi connectivity index (χ4n) is 2.51. The van der Waals surface area contributed by atoms with Crippen LogP contribution in [0.5, 0.6) is 0 Å². The Morgan fingerprint density at radius 1 is 0.810 bits per heavy atom. The van der Waals surface area contributed by atoms with Crippen LogP contribution in [0, 0.1) is 5.92 Å². The van der Waals surface area contributed by atoms with E-state index in [0.29, 0.717) is 5.92 Å². The Bertz CT molecular complexity index is 513. The first-order chi connectivity index (χ1) is 10.2. The first kappa shape index (κ1) is 15.8. The van der Waals surface area contributed by atoms with Gasteiger partial charge in [-0.2, -0.15) is 0 Å². The lowest BCUT2D eigenvalue weighted by molar-refractivity contribution is 0.525. The van der Waals surface area contributed by atoms with Gasteiger partial charge in [0.25, 0.3) is 0 Å². The van der Waals surface area contributed by atoms with Crippen molar-refractivity contribution in [3.8, 4) is 11.1 Å². The average Bonchev–Trinajstić information content (AvgIpc) is 2.52. The summed E-state index contributed by atoms with van der Waals surface area (Å²) in [5, 5.41) is 3.52. The SMILES string of the molecule is CC(C)CNCCC(C)c1ccc(-c2ccccc2)cc1. The maximum Gasteiger partial charge on any atom is -0.00258 e. The second kappa shape index (κ2) is 7.99. The van der Waals surface area contributed by atoms with Gasteiger partial charge in [-0.1, -0.05) is 75.4 Å². The van der Waals surface area contributed by atoms with Crippen LogP contribution in [-0.4, -0.2) is 13.1 Å². The molecule has 112 valence electrons. The molecule has 0 radical (unpaired) electrons. The van der Waals surface area contributed by atoms with Gasteiger partial charge in [-0.3, -0.25) is 0 Å². The summed E-state index contributed by atoms with van der Waals surface area (Å²) in [5.41, 5.74) is 4.01. The highest BCUT2D eigenvalue weighted by molar-refractivity contribution is 5.63. The van der Waals surface area contributed by atoms with E-state index >= 15 is 0 Å². The largest absolute Gasteiger partial charge is 0.316 e. The van der Waals surface area contributed by atoms with Crippen LogP contribution in [0.1, 0.15) is 38.7 Å². The lowest BCUT2D eigenvalue weighted by atomic mass is 9.95.